The third kappa shape index (κ3) is 4.92. The molecule has 0 saturated heterocycles. The molecule has 0 fully saturated rings. The van der Waals surface area contributed by atoms with Gasteiger partial charge in [0.25, 0.3) is 0 Å². The number of alkyl halides is 3. The minimum absolute atomic E-state index is 0.0747. The van der Waals surface area contributed by atoms with E-state index < -0.39 is 12.6 Å². The fourth-order valence-electron chi connectivity index (χ4n) is 2.90. The summed E-state index contributed by atoms with van der Waals surface area (Å²) in [5.74, 6) is 1.13. The van der Waals surface area contributed by atoms with Gasteiger partial charge in [0.15, 0.2) is 0 Å². The van der Waals surface area contributed by atoms with Crippen molar-refractivity contribution in [3.8, 4) is 5.75 Å². The SMILES string of the molecule is CCNC(CCCC(F)(F)F)C1COc2ccccc2C1. The summed E-state index contributed by atoms with van der Waals surface area (Å²) >= 11 is 0. The summed E-state index contributed by atoms with van der Waals surface area (Å²) in [6.07, 6.45) is -3.21. The Hall–Kier alpha value is -1.23. The van der Waals surface area contributed by atoms with Crippen LogP contribution in [-0.4, -0.2) is 25.4 Å². The van der Waals surface area contributed by atoms with Crippen LogP contribution in [0.25, 0.3) is 0 Å². The minimum Gasteiger partial charge on any atom is -0.493 e. The van der Waals surface area contributed by atoms with Crippen molar-refractivity contribution in [1.29, 1.82) is 0 Å². The average molecular weight is 301 g/mol. The van der Waals surface area contributed by atoms with E-state index in [9.17, 15) is 13.2 Å². The predicted molar refractivity (Wildman–Crippen MR) is 76.5 cm³/mol. The van der Waals surface area contributed by atoms with E-state index in [1.165, 1.54) is 0 Å². The second-order valence-corrected chi connectivity index (χ2v) is 5.55. The summed E-state index contributed by atoms with van der Waals surface area (Å²) in [7, 11) is 0. The van der Waals surface area contributed by atoms with E-state index in [2.05, 4.69) is 5.32 Å². The minimum atomic E-state index is -4.06. The molecule has 118 valence electrons. The number of benzene rings is 1. The van der Waals surface area contributed by atoms with Crippen LogP contribution in [0, 0.1) is 5.92 Å². The van der Waals surface area contributed by atoms with Gasteiger partial charge in [0.05, 0.1) is 6.61 Å². The maximum Gasteiger partial charge on any atom is 0.389 e. The van der Waals surface area contributed by atoms with Gasteiger partial charge in [-0.05, 0) is 37.4 Å². The van der Waals surface area contributed by atoms with Gasteiger partial charge in [0.2, 0.25) is 0 Å². The number of fused-ring (bicyclic) bond motifs is 1. The lowest BCUT2D eigenvalue weighted by atomic mass is 9.87. The van der Waals surface area contributed by atoms with E-state index in [1.54, 1.807) is 0 Å². The molecular formula is C16H22F3NO. The van der Waals surface area contributed by atoms with E-state index in [0.717, 1.165) is 24.3 Å². The van der Waals surface area contributed by atoms with Crippen LogP contribution in [0.15, 0.2) is 24.3 Å². The lowest BCUT2D eigenvalue weighted by Gasteiger charge is -2.32. The molecule has 1 N–H and O–H groups in total. The van der Waals surface area contributed by atoms with E-state index >= 15 is 0 Å². The predicted octanol–water partition coefficient (Wildman–Crippen LogP) is 3.95. The zero-order valence-corrected chi connectivity index (χ0v) is 12.2. The van der Waals surface area contributed by atoms with Crippen molar-refractivity contribution in [2.75, 3.05) is 13.2 Å². The van der Waals surface area contributed by atoms with Gasteiger partial charge in [-0.15, -0.1) is 0 Å². The lowest BCUT2D eigenvalue weighted by molar-refractivity contribution is -0.136. The van der Waals surface area contributed by atoms with Crippen molar-refractivity contribution in [1.82, 2.24) is 5.32 Å². The Kier molecular flexibility index (Phi) is 5.51. The maximum absolute atomic E-state index is 12.3. The van der Waals surface area contributed by atoms with E-state index in [4.69, 9.17) is 4.74 Å². The van der Waals surface area contributed by atoms with Crippen LogP contribution in [0.3, 0.4) is 0 Å². The average Bonchev–Trinajstić information content (AvgIpc) is 2.44. The van der Waals surface area contributed by atoms with Crippen LogP contribution in [0.5, 0.6) is 5.75 Å². The molecular weight excluding hydrogens is 279 g/mol. The molecule has 2 atom stereocenters. The second-order valence-electron chi connectivity index (χ2n) is 5.55. The van der Waals surface area contributed by atoms with Gasteiger partial charge in [0.1, 0.15) is 5.75 Å². The van der Waals surface area contributed by atoms with Gasteiger partial charge < -0.3 is 10.1 Å². The van der Waals surface area contributed by atoms with Crippen molar-refractivity contribution in [2.24, 2.45) is 5.92 Å². The van der Waals surface area contributed by atoms with Crippen molar-refractivity contribution in [3.05, 3.63) is 29.8 Å². The smallest absolute Gasteiger partial charge is 0.389 e. The standard InChI is InChI=1S/C16H22F3NO/c1-2-20-14(7-5-9-16(17,18)19)13-10-12-6-3-4-8-15(12)21-11-13/h3-4,6,8,13-14,20H,2,5,7,9-11H2,1H3. The van der Waals surface area contributed by atoms with E-state index in [-0.39, 0.29) is 18.4 Å². The van der Waals surface area contributed by atoms with E-state index in [1.807, 2.05) is 31.2 Å². The zero-order valence-electron chi connectivity index (χ0n) is 12.2. The molecule has 1 aliphatic heterocycles. The molecule has 0 amide bonds. The summed E-state index contributed by atoms with van der Waals surface area (Å²) in [5, 5.41) is 3.32. The Labute approximate surface area is 123 Å². The molecule has 0 aromatic heterocycles. The highest BCUT2D eigenvalue weighted by Crippen LogP contribution is 2.30. The molecule has 0 aliphatic carbocycles. The zero-order chi connectivity index (χ0) is 15.3. The lowest BCUT2D eigenvalue weighted by Crippen LogP contribution is -2.41. The number of para-hydroxylation sites is 1. The van der Waals surface area contributed by atoms with Crippen molar-refractivity contribution >= 4 is 0 Å². The number of hydrogen-bond acceptors (Lipinski definition) is 2. The first-order chi connectivity index (χ1) is 9.99. The number of ether oxygens (including phenoxy) is 1. The normalized spacial score (nSPS) is 19.7. The number of hydrogen-bond donors (Lipinski definition) is 1. The molecule has 2 unspecified atom stereocenters. The fraction of sp³-hybridized carbons (Fsp3) is 0.625. The van der Waals surface area contributed by atoms with Crippen LogP contribution < -0.4 is 10.1 Å². The molecule has 1 aromatic rings. The molecule has 0 spiro atoms. The molecule has 0 bridgehead atoms. The van der Waals surface area contributed by atoms with Gasteiger partial charge in [-0.3, -0.25) is 0 Å². The summed E-state index contributed by atoms with van der Waals surface area (Å²) in [6, 6.07) is 7.95. The maximum atomic E-state index is 12.3. The van der Waals surface area contributed by atoms with Gasteiger partial charge in [-0.2, -0.15) is 13.2 Å². The summed E-state index contributed by atoms with van der Waals surface area (Å²) in [4.78, 5) is 0. The molecule has 2 nitrogen and oxygen atoms in total. The highest BCUT2D eigenvalue weighted by atomic mass is 19.4. The molecule has 5 heteroatoms. The van der Waals surface area contributed by atoms with Crippen LogP contribution in [-0.2, 0) is 6.42 Å². The Morgan fingerprint density at radius 3 is 2.81 bits per heavy atom. The summed E-state index contributed by atoms with van der Waals surface area (Å²) < 4.78 is 42.6. The highest BCUT2D eigenvalue weighted by Gasteiger charge is 2.30. The molecule has 0 radical (unpaired) electrons. The first kappa shape index (κ1) is 16.1. The molecule has 2 rings (SSSR count). The number of nitrogens with one attached hydrogen (secondary N) is 1. The Morgan fingerprint density at radius 2 is 2.10 bits per heavy atom. The highest BCUT2D eigenvalue weighted by molar-refractivity contribution is 5.35. The Morgan fingerprint density at radius 1 is 1.33 bits per heavy atom. The van der Waals surface area contributed by atoms with Gasteiger partial charge in [-0.25, -0.2) is 0 Å². The number of rotatable bonds is 6. The van der Waals surface area contributed by atoms with Crippen LogP contribution in [0.1, 0.15) is 31.7 Å². The van der Waals surface area contributed by atoms with Gasteiger partial charge >= 0.3 is 6.18 Å². The first-order valence-electron chi connectivity index (χ1n) is 7.50. The topological polar surface area (TPSA) is 21.3 Å². The second kappa shape index (κ2) is 7.16. The van der Waals surface area contributed by atoms with Crippen LogP contribution in [0.4, 0.5) is 13.2 Å². The van der Waals surface area contributed by atoms with Crippen molar-refractivity contribution < 1.29 is 17.9 Å². The number of halogens is 3. The molecule has 1 aromatic carbocycles. The Bertz CT molecular complexity index is 447. The summed E-state index contributed by atoms with van der Waals surface area (Å²) in [6.45, 7) is 3.31. The fourth-order valence-corrected chi connectivity index (χ4v) is 2.90. The van der Waals surface area contributed by atoms with Crippen molar-refractivity contribution in [3.63, 3.8) is 0 Å². The first-order valence-corrected chi connectivity index (χ1v) is 7.50. The molecule has 1 aliphatic rings. The van der Waals surface area contributed by atoms with Crippen molar-refractivity contribution in [2.45, 2.75) is 44.8 Å². The van der Waals surface area contributed by atoms with Crippen LogP contribution in [0.2, 0.25) is 0 Å². The largest absolute Gasteiger partial charge is 0.493 e. The third-order valence-electron chi connectivity index (χ3n) is 3.92. The Balaban J connectivity index is 1.93. The molecule has 21 heavy (non-hydrogen) atoms. The van der Waals surface area contributed by atoms with Crippen LogP contribution >= 0.6 is 0 Å². The summed E-state index contributed by atoms with van der Waals surface area (Å²) in [5.41, 5.74) is 1.15. The van der Waals surface area contributed by atoms with Gasteiger partial charge in [-0.1, -0.05) is 25.1 Å². The van der Waals surface area contributed by atoms with E-state index in [0.29, 0.717) is 13.0 Å². The molecule has 1 heterocycles. The quantitative estimate of drug-likeness (QED) is 0.859. The monoisotopic (exact) mass is 301 g/mol. The van der Waals surface area contributed by atoms with Gasteiger partial charge in [0, 0.05) is 18.4 Å². The molecule has 0 saturated carbocycles. The third-order valence-corrected chi connectivity index (χ3v) is 3.92.